The minimum absolute atomic E-state index is 0.219. The second kappa shape index (κ2) is 7.85. The molecule has 1 aliphatic heterocycles. The smallest absolute Gasteiger partial charge is 0.263 e. The Kier molecular flexibility index (Phi) is 5.41. The fourth-order valence-corrected chi connectivity index (χ4v) is 4.92. The summed E-state index contributed by atoms with van der Waals surface area (Å²) in [7, 11) is 1.64. The first-order valence-corrected chi connectivity index (χ1v) is 10.5. The van der Waals surface area contributed by atoms with Gasteiger partial charge < -0.3 is 14.3 Å². The number of methoxy groups -OCH3 is 1. The summed E-state index contributed by atoms with van der Waals surface area (Å²) in [5.74, 6) is 1.10. The Bertz CT molecular complexity index is 801. The second-order valence-corrected chi connectivity index (χ2v) is 8.49. The first kappa shape index (κ1) is 20.0. The van der Waals surface area contributed by atoms with Crippen LogP contribution in [0.15, 0.2) is 18.2 Å². The zero-order valence-electron chi connectivity index (χ0n) is 16.9. The van der Waals surface area contributed by atoms with Gasteiger partial charge in [-0.05, 0) is 56.7 Å². The molecule has 0 radical (unpaired) electrons. The number of ether oxygens (including phenoxy) is 2. The van der Waals surface area contributed by atoms with Gasteiger partial charge >= 0.3 is 0 Å². The van der Waals surface area contributed by atoms with E-state index in [2.05, 4.69) is 9.74 Å². The summed E-state index contributed by atoms with van der Waals surface area (Å²) in [4.78, 5) is 18.3. The average molecular weight is 399 g/mol. The summed E-state index contributed by atoms with van der Waals surface area (Å²) in [5, 5.41) is 9.06. The van der Waals surface area contributed by atoms with Crippen LogP contribution in [0, 0.1) is 6.57 Å². The van der Waals surface area contributed by atoms with Crippen LogP contribution in [0.25, 0.3) is 4.85 Å². The van der Waals surface area contributed by atoms with Crippen LogP contribution in [0.3, 0.4) is 0 Å². The van der Waals surface area contributed by atoms with E-state index in [0.29, 0.717) is 31.7 Å². The summed E-state index contributed by atoms with van der Waals surface area (Å²) in [6, 6.07) is 5.86. The lowest BCUT2D eigenvalue weighted by Crippen LogP contribution is -2.53. The average Bonchev–Trinajstić information content (AvgIpc) is 3.42. The minimum atomic E-state index is -0.623. The van der Waals surface area contributed by atoms with Crippen LogP contribution in [-0.2, 0) is 10.3 Å². The van der Waals surface area contributed by atoms with Crippen molar-refractivity contribution in [1.29, 1.82) is 0 Å². The summed E-state index contributed by atoms with van der Waals surface area (Å²) in [5.41, 5.74) is 1.56. The Morgan fingerprint density at radius 3 is 2.45 bits per heavy atom. The molecular formula is C22H29N3O4. The van der Waals surface area contributed by atoms with Gasteiger partial charge in [-0.15, -0.1) is 0 Å². The lowest BCUT2D eigenvalue weighted by molar-refractivity contribution is -0.137. The molecule has 0 aromatic heterocycles. The highest BCUT2D eigenvalue weighted by molar-refractivity contribution is 5.88. The van der Waals surface area contributed by atoms with Gasteiger partial charge in [-0.2, -0.15) is 0 Å². The van der Waals surface area contributed by atoms with Crippen molar-refractivity contribution in [3.63, 3.8) is 0 Å². The SMILES string of the molecule is [C-]#[N+]C1(c2ccc(OC)c(OC3CCCC3)c2)CCN(C2(C(=O)NO)CC2)CC1. The molecule has 2 N–H and O–H groups in total. The van der Waals surface area contributed by atoms with Crippen LogP contribution < -0.4 is 15.0 Å². The van der Waals surface area contributed by atoms with Crippen molar-refractivity contribution in [3.8, 4) is 11.5 Å². The summed E-state index contributed by atoms with van der Waals surface area (Å²) >= 11 is 0. The number of likely N-dealkylation sites (tertiary alicyclic amines) is 1. The van der Waals surface area contributed by atoms with E-state index in [1.54, 1.807) is 7.11 Å². The second-order valence-electron chi connectivity index (χ2n) is 8.49. The molecular weight excluding hydrogens is 370 g/mol. The quantitative estimate of drug-likeness (QED) is 0.436. The standard InChI is InChI=1S/C22H29N3O4/c1-23-21(11-13-25(14-12-21)22(9-10-22)20(26)24-27)16-7-8-18(28-2)19(15-16)29-17-5-3-4-6-17/h7-8,15,17,27H,3-6,9-14H2,2H3,(H,24,26). The molecule has 0 unspecified atom stereocenters. The number of nitrogens with zero attached hydrogens (tertiary/aromatic N) is 2. The summed E-state index contributed by atoms with van der Waals surface area (Å²) in [6.07, 6.45) is 7.53. The molecule has 2 saturated carbocycles. The van der Waals surface area contributed by atoms with Crippen LogP contribution in [0.5, 0.6) is 11.5 Å². The third-order valence-corrected chi connectivity index (χ3v) is 6.95. The molecule has 29 heavy (non-hydrogen) atoms. The molecule has 1 saturated heterocycles. The molecule has 156 valence electrons. The van der Waals surface area contributed by atoms with Gasteiger partial charge in [0.1, 0.15) is 5.54 Å². The molecule has 4 rings (SSSR count). The molecule has 0 spiro atoms. The fourth-order valence-electron chi connectivity index (χ4n) is 4.92. The number of carbonyl (C=O) groups is 1. The van der Waals surface area contributed by atoms with Gasteiger partial charge in [0.2, 0.25) is 0 Å². The van der Waals surface area contributed by atoms with Gasteiger partial charge in [0, 0.05) is 31.5 Å². The predicted octanol–water partition coefficient (Wildman–Crippen LogP) is 3.26. The van der Waals surface area contributed by atoms with Crippen molar-refractivity contribution in [3.05, 3.63) is 35.2 Å². The van der Waals surface area contributed by atoms with E-state index in [0.717, 1.165) is 37.0 Å². The zero-order valence-corrected chi connectivity index (χ0v) is 16.9. The van der Waals surface area contributed by atoms with E-state index in [1.165, 1.54) is 12.8 Å². The van der Waals surface area contributed by atoms with E-state index < -0.39 is 11.1 Å². The largest absolute Gasteiger partial charge is 0.493 e. The van der Waals surface area contributed by atoms with E-state index in [1.807, 2.05) is 23.7 Å². The monoisotopic (exact) mass is 399 g/mol. The highest BCUT2D eigenvalue weighted by atomic mass is 16.5. The maximum Gasteiger partial charge on any atom is 0.263 e. The fraction of sp³-hybridized carbons (Fsp3) is 0.636. The molecule has 7 heteroatoms. The van der Waals surface area contributed by atoms with Gasteiger partial charge in [-0.25, -0.2) is 12.1 Å². The molecule has 0 bridgehead atoms. The van der Waals surface area contributed by atoms with E-state index >= 15 is 0 Å². The number of nitrogens with one attached hydrogen (secondary N) is 1. The molecule has 1 amide bonds. The van der Waals surface area contributed by atoms with Crippen molar-refractivity contribution < 1.29 is 19.5 Å². The maximum absolute atomic E-state index is 12.1. The van der Waals surface area contributed by atoms with E-state index in [4.69, 9.17) is 21.3 Å². The van der Waals surface area contributed by atoms with Crippen LogP contribution in [-0.4, -0.2) is 47.9 Å². The lowest BCUT2D eigenvalue weighted by atomic mass is 9.81. The van der Waals surface area contributed by atoms with Crippen LogP contribution >= 0.6 is 0 Å². The zero-order chi connectivity index (χ0) is 20.5. The van der Waals surface area contributed by atoms with Crippen molar-refractivity contribution >= 4 is 5.91 Å². The Balaban J connectivity index is 1.53. The third-order valence-electron chi connectivity index (χ3n) is 6.95. The Hall–Kier alpha value is -2.30. The number of amides is 1. The normalized spacial score (nSPS) is 23.2. The van der Waals surface area contributed by atoms with Crippen LogP contribution in [0.4, 0.5) is 0 Å². The van der Waals surface area contributed by atoms with Crippen molar-refractivity contribution in [2.75, 3.05) is 20.2 Å². The number of hydrogen-bond donors (Lipinski definition) is 2. The molecule has 3 aliphatic rings. The molecule has 3 fully saturated rings. The van der Waals surface area contributed by atoms with Gasteiger partial charge in [0.05, 0.1) is 13.2 Å². The first-order chi connectivity index (χ1) is 14.1. The summed E-state index contributed by atoms with van der Waals surface area (Å²) in [6.45, 7) is 9.26. The minimum Gasteiger partial charge on any atom is -0.493 e. The van der Waals surface area contributed by atoms with Gasteiger partial charge in [0.15, 0.2) is 11.5 Å². The molecule has 0 atom stereocenters. The predicted molar refractivity (Wildman–Crippen MR) is 107 cm³/mol. The van der Waals surface area contributed by atoms with Gasteiger partial charge in [0.25, 0.3) is 11.4 Å². The number of piperidine rings is 1. The number of hydroxylamine groups is 1. The third kappa shape index (κ3) is 3.56. The number of rotatable bonds is 6. The molecule has 2 aliphatic carbocycles. The van der Waals surface area contributed by atoms with Crippen molar-refractivity contribution in [2.24, 2.45) is 0 Å². The Labute approximate surface area is 171 Å². The molecule has 1 aromatic carbocycles. The molecule has 1 aromatic rings. The van der Waals surface area contributed by atoms with Crippen LogP contribution in [0.1, 0.15) is 56.9 Å². The van der Waals surface area contributed by atoms with Crippen LogP contribution in [0.2, 0.25) is 0 Å². The van der Waals surface area contributed by atoms with E-state index in [-0.39, 0.29) is 12.0 Å². The van der Waals surface area contributed by atoms with Gasteiger partial charge in [-0.3, -0.25) is 14.9 Å². The summed E-state index contributed by atoms with van der Waals surface area (Å²) < 4.78 is 11.7. The Morgan fingerprint density at radius 1 is 1.21 bits per heavy atom. The maximum atomic E-state index is 12.1. The highest BCUT2D eigenvalue weighted by Crippen LogP contribution is 2.47. The molecule has 1 heterocycles. The number of carbonyl (C=O) groups excluding carboxylic acids is 1. The first-order valence-electron chi connectivity index (χ1n) is 10.5. The lowest BCUT2D eigenvalue weighted by Gasteiger charge is -2.38. The molecule has 7 nitrogen and oxygen atoms in total. The highest BCUT2D eigenvalue weighted by Gasteiger charge is 2.57. The van der Waals surface area contributed by atoms with Crippen molar-refractivity contribution in [1.82, 2.24) is 10.4 Å². The number of hydrogen-bond acceptors (Lipinski definition) is 5. The number of benzene rings is 1. The van der Waals surface area contributed by atoms with Gasteiger partial charge in [-0.1, -0.05) is 0 Å². The van der Waals surface area contributed by atoms with Crippen molar-refractivity contribution in [2.45, 2.75) is 68.5 Å². The van der Waals surface area contributed by atoms with E-state index in [9.17, 15) is 4.79 Å². The topological polar surface area (TPSA) is 75.4 Å². The Morgan fingerprint density at radius 2 is 1.90 bits per heavy atom.